The first-order valence-electron chi connectivity index (χ1n) is 10.1. The van der Waals surface area contributed by atoms with Crippen molar-refractivity contribution in [3.63, 3.8) is 0 Å². The number of nitrogens with two attached hydrogens (primary N) is 1. The topological polar surface area (TPSA) is 104 Å². The summed E-state index contributed by atoms with van der Waals surface area (Å²) < 4.78 is 0. The van der Waals surface area contributed by atoms with Crippen LogP contribution in [0.15, 0.2) is 84.9 Å². The number of rotatable bonds is 7. The molecule has 1 heterocycles. The number of amides is 1. The van der Waals surface area contributed by atoms with E-state index in [1.807, 2.05) is 72.8 Å². The Balaban J connectivity index is 1.49. The first-order chi connectivity index (χ1) is 15.1. The summed E-state index contributed by atoms with van der Waals surface area (Å²) in [5.74, 6) is -0.169. The molecule has 0 spiro atoms. The first-order valence-corrected chi connectivity index (χ1v) is 10.1. The lowest BCUT2D eigenvalue weighted by Gasteiger charge is -2.13. The summed E-state index contributed by atoms with van der Waals surface area (Å²) in [6, 6.07) is 26.7. The van der Waals surface area contributed by atoms with Crippen molar-refractivity contribution in [1.29, 1.82) is 0 Å². The second-order valence-corrected chi connectivity index (χ2v) is 7.23. The van der Waals surface area contributed by atoms with Crippen molar-refractivity contribution in [1.82, 2.24) is 15.5 Å². The highest BCUT2D eigenvalue weighted by Crippen LogP contribution is 2.26. The lowest BCUT2D eigenvalue weighted by atomic mass is 10.0. The number of carbonyl (C=O) groups is 1. The van der Waals surface area contributed by atoms with Gasteiger partial charge in [-0.15, -0.1) is 0 Å². The summed E-state index contributed by atoms with van der Waals surface area (Å²) in [7, 11) is 0. The van der Waals surface area contributed by atoms with Crippen LogP contribution in [-0.2, 0) is 6.42 Å². The Labute approximate surface area is 180 Å². The molecule has 1 amide bonds. The van der Waals surface area contributed by atoms with Gasteiger partial charge in [0.2, 0.25) is 0 Å². The molecule has 0 radical (unpaired) electrons. The molecule has 0 aliphatic heterocycles. The fourth-order valence-electron chi connectivity index (χ4n) is 3.59. The largest absolute Gasteiger partial charge is 0.375 e. The van der Waals surface area contributed by atoms with Crippen molar-refractivity contribution >= 4 is 5.91 Å². The molecule has 1 unspecified atom stereocenters. The maximum atomic E-state index is 12.9. The monoisotopic (exact) mass is 412 g/mol. The number of carbonyl (C=O) groups excluding carboxylic acids is 1. The number of aliphatic hydroxyl groups is 1. The molecule has 156 valence electrons. The van der Waals surface area contributed by atoms with Crippen molar-refractivity contribution in [2.45, 2.75) is 12.6 Å². The number of nitrogens with one attached hydrogen (secondary N) is 2. The molecule has 3 aromatic carbocycles. The number of aromatic nitrogens is 2. The summed E-state index contributed by atoms with van der Waals surface area (Å²) in [4.78, 5) is 12.9. The van der Waals surface area contributed by atoms with Crippen LogP contribution >= 0.6 is 0 Å². The zero-order valence-electron chi connectivity index (χ0n) is 17.0. The average molecular weight is 412 g/mol. The van der Waals surface area contributed by atoms with E-state index in [1.54, 1.807) is 12.1 Å². The van der Waals surface area contributed by atoms with Gasteiger partial charge in [-0.05, 0) is 29.7 Å². The van der Waals surface area contributed by atoms with Crippen molar-refractivity contribution in [2.24, 2.45) is 5.73 Å². The molecular weight excluding hydrogens is 388 g/mol. The number of hydrogen-bond acceptors (Lipinski definition) is 4. The van der Waals surface area contributed by atoms with E-state index in [9.17, 15) is 9.90 Å². The SMILES string of the molecule is NC(O)c1ccccc1CCNC(=O)c1ccccc1-c1cc(-c2ccccc2)n[nH]1. The highest BCUT2D eigenvalue weighted by molar-refractivity contribution is 6.00. The van der Waals surface area contributed by atoms with Crippen molar-refractivity contribution < 1.29 is 9.90 Å². The number of benzene rings is 3. The van der Waals surface area contributed by atoms with Crippen LogP contribution in [0, 0.1) is 0 Å². The lowest BCUT2D eigenvalue weighted by Crippen LogP contribution is -2.26. The molecular formula is C25H24N4O2. The van der Waals surface area contributed by atoms with Gasteiger partial charge in [-0.1, -0.05) is 72.8 Å². The van der Waals surface area contributed by atoms with E-state index in [4.69, 9.17) is 5.73 Å². The molecule has 0 saturated carbocycles. The summed E-state index contributed by atoms with van der Waals surface area (Å²) in [5.41, 5.74) is 11.2. The number of nitrogens with zero attached hydrogens (tertiary/aromatic N) is 1. The summed E-state index contributed by atoms with van der Waals surface area (Å²) in [6.45, 7) is 0.426. The highest BCUT2D eigenvalue weighted by atomic mass is 16.3. The minimum atomic E-state index is -1.04. The number of H-pyrrole nitrogens is 1. The third kappa shape index (κ3) is 4.71. The van der Waals surface area contributed by atoms with Crippen LogP contribution < -0.4 is 11.1 Å². The summed E-state index contributed by atoms with van der Waals surface area (Å²) >= 11 is 0. The Morgan fingerprint density at radius 1 is 1.00 bits per heavy atom. The van der Waals surface area contributed by atoms with E-state index < -0.39 is 6.23 Å². The molecule has 4 rings (SSSR count). The fraction of sp³-hybridized carbons (Fsp3) is 0.120. The Morgan fingerprint density at radius 2 is 1.71 bits per heavy atom. The Hall–Kier alpha value is -3.74. The second kappa shape index (κ2) is 9.38. The van der Waals surface area contributed by atoms with Crippen LogP contribution in [0.2, 0.25) is 0 Å². The number of aromatic amines is 1. The van der Waals surface area contributed by atoms with Crippen molar-refractivity contribution in [3.05, 3.63) is 102 Å². The van der Waals surface area contributed by atoms with Gasteiger partial charge in [0, 0.05) is 23.2 Å². The van der Waals surface area contributed by atoms with Crippen LogP contribution in [0.25, 0.3) is 22.5 Å². The van der Waals surface area contributed by atoms with Gasteiger partial charge in [0.05, 0.1) is 11.4 Å². The quantitative estimate of drug-likeness (QED) is 0.348. The smallest absolute Gasteiger partial charge is 0.251 e. The molecule has 0 aliphatic carbocycles. The predicted octanol–water partition coefficient (Wildman–Crippen LogP) is 3.67. The molecule has 31 heavy (non-hydrogen) atoms. The van der Waals surface area contributed by atoms with Crippen LogP contribution in [0.1, 0.15) is 27.7 Å². The second-order valence-electron chi connectivity index (χ2n) is 7.23. The van der Waals surface area contributed by atoms with E-state index in [-0.39, 0.29) is 5.91 Å². The van der Waals surface area contributed by atoms with Gasteiger partial charge in [0.1, 0.15) is 6.23 Å². The Kier molecular flexibility index (Phi) is 6.21. The minimum Gasteiger partial charge on any atom is -0.375 e. The zero-order valence-corrected chi connectivity index (χ0v) is 17.0. The molecule has 1 aromatic heterocycles. The van der Waals surface area contributed by atoms with E-state index in [1.165, 1.54) is 0 Å². The molecule has 1 atom stereocenters. The molecule has 0 bridgehead atoms. The zero-order chi connectivity index (χ0) is 21.6. The molecule has 4 aromatic rings. The average Bonchev–Trinajstić information content (AvgIpc) is 3.30. The standard InChI is InChI=1S/C25H24N4O2/c26-24(30)19-11-5-4-8-17(19)14-15-27-25(31)21-13-7-6-12-20(21)23-16-22(28-29-23)18-9-2-1-3-10-18/h1-13,16,24,30H,14-15,26H2,(H,27,31)(H,28,29). The third-order valence-electron chi connectivity index (χ3n) is 5.16. The van der Waals surface area contributed by atoms with Crippen LogP contribution in [0.3, 0.4) is 0 Å². The fourth-order valence-corrected chi connectivity index (χ4v) is 3.59. The van der Waals surface area contributed by atoms with Crippen LogP contribution in [0.4, 0.5) is 0 Å². The van der Waals surface area contributed by atoms with Gasteiger partial charge in [-0.3, -0.25) is 9.89 Å². The van der Waals surface area contributed by atoms with E-state index in [0.717, 1.165) is 28.1 Å². The maximum Gasteiger partial charge on any atom is 0.251 e. The Bertz CT molecular complexity index is 1170. The predicted molar refractivity (Wildman–Crippen MR) is 121 cm³/mol. The van der Waals surface area contributed by atoms with Crippen LogP contribution in [-0.4, -0.2) is 27.8 Å². The van der Waals surface area contributed by atoms with E-state index in [2.05, 4.69) is 15.5 Å². The van der Waals surface area contributed by atoms with Crippen molar-refractivity contribution in [3.8, 4) is 22.5 Å². The number of hydrogen-bond donors (Lipinski definition) is 4. The molecule has 5 N–H and O–H groups in total. The summed E-state index contributed by atoms with van der Waals surface area (Å²) in [5, 5.41) is 20.1. The highest BCUT2D eigenvalue weighted by Gasteiger charge is 2.15. The van der Waals surface area contributed by atoms with Gasteiger partial charge in [0.25, 0.3) is 5.91 Å². The van der Waals surface area contributed by atoms with Gasteiger partial charge in [-0.25, -0.2) is 0 Å². The third-order valence-corrected chi connectivity index (χ3v) is 5.16. The maximum absolute atomic E-state index is 12.9. The summed E-state index contributed by atoms with van der Waals surface area (Å²) in [6.07, 6.45) is -0.465. The molecule has 6 heteroatoms. The number of aliphatic hydroxyl groups excluding tert-OH is 1. The molecule has 0 aliphatic rings. The molecule has 0 saturated heterocycles. The van der Waals surface area contributed by atoms with Gasteiger partial charge in [-0.2, -0.15) is 5.10 Å². The van der Waals surface area contributed by atoms with E-state index >= 15 is 0 Å². The molecule has 6 nitrogen and oxygen atoms in total. The van der Waals surface area contributed by atoms with Crippen LogP contribution in [0.5, 0.6) is 0 Å². The van der Waals surface area contributed by atoms with Gasteiger partial charge >= 0.3 is 0 Å². The van der Waals surface area contributed by atoms with E-state index in [0.29, 0.717) is 24.1 Å². The Morgan fingerprint density at radius 3 is 2.52 bits per heavy atom. The van der Waals surface area contributed by atoms with Crippen molar-refractivity contribution in [2.75, 3.05) is 6.54 Å². The first kappa shape index (κ1) is 20.5. The lowest BCUT2D eigenvalue weighted by molar-refractivity contribution is 0.0954. The minimum absolute atomic E-state index is 0.169. The normalized spacial score (nSPS) is 11.8. The van der Waals surface area contributed by atoms with Gasteiger partial charge in [0.15, 0.2) is 0 Å². The molecule has 0 fully saturated rings. The van der Waals surface area contributed by atoms with Gasteiger partial charge < -0.3 is 16.2 Å².